The minimum Gasteiger partial charge on any atom is -0.493 e. The predicted molar refractivity (Wildman–Crippen MR) is 134 cm³/mol. The number of esters is 1. The van der Waals surface area contributed by atoms with E-state index < -0.39 is 12.0 Å². The molecule has 7 nitrogen and oxygen atoms in total. The molecule has 178 valence electrons. The van der Waals surface area contributed by atoms with Crippen molar-refractivity contribution in [3.8, 4) is 11.5 Å². The minimum atomic E-state index is -0.702. The molecule has 0 saturated heterocycles. The van der Waals surface area contributed by atoms with Crippen LogP contribution in [0.2, 0.25) is 0 Å². The zero-order valence-corrected chi connectivity index (χ0v) is 21.3. The van der Waals surface area contributed by atoms with Gasteiger partial charge in [-0.25, -0.2) is 9.79 Å². The lowest BCUT2D eigenvalue weighted by atomic mass is 9.95. The molecule has 0 bridgehead atoms. The van der Waals surface area contributed by atoms with E-state index in [2.05, 4.69) is 4.99 Å². The van der Waals surface area contributed by atoms with Gasteiger partial charge in [0.1, 0.15) is 0 Å². The summed E-state index contributed by atoms with van der Waals surface area (Å²) in [5.74, 6) is 0.618. The van der Waals surface area contributed by atoms with Crippen molar-refractivity contribution in [2.24, 2.45) is 4.99 Å². The molecule has 3 aromatic rings. The molecule has 0 N–H and O–H groups in total. The van der Waals surface area contributed by atoms with Gasteiger partial charge in [-0.15, -0.1) is 11.3 Å². The lowest BCUT2D eigenvalue weighted by Gasteiger charge is -2.25. The van der Waals surface area contributed by atoms with Crippen LogP contribution in [0.3, 0.4) is 0 Å². The second-order valence-corrected chi connectivity index (χ2v) is 9.57. The normalized spacial score (nSPS) is 15.7. The second-order valence-electron chi connectivity index (χ2n) is 7.61. The smallest absolute Gasteiger partial charge is 0.338 e. The van der Waals surface area contributed by atoms with Crippen LogP contribution < -0.4 is 24.4 Å². The van der Waals surface area contributed by atoms with Gasteiger partial charge in [-0.1, -0.05) is 17.4 Å². The molecule has 2 aromatic heterocycles. The van der Waals surface area contributed by atoms with E-state index in [0.717, 1.165) is 10.4 Å². The number of thiazole rings is 1. The highest BCUT2D eigenvalue weighted by molar-refractivity contribution is 7.11. The Morgan fingerprint density at radius 2 is 1.97 bits per heavy atom. The molecule has 1 atom stereocenters. The Morgan fingerprint density at radius 1 is 1.18 bits per heavy atom. The average molecular weight is 499 g/mol. The van der Waals surface area contributed by atoms with Gasteiger partial charge in [0.25, 0.3) is 5.56 Å². The third-order valence-electron chi connectivity index (χ3n) is 5.48. The molecule has 1 aliphatic heterocycles. The number of allylic oxidation sites excluding steroid dienone is 1. The van der Waals surface area contributed by atoms with Crippen molar-refractivity contribution in [2.75, 3.05) is 20.3 Å². The number of hydrogen-bond acceptors (Lipinski definition) is 8. The Hall–Kier alpha value is -3.17. The molecule has 4 rings (SSSR count). The van der Waals surface area contributed by atoms with Crippen LogP contribution in [0.4, 0.5) is 0 Å². The maximum Gasteiger partial charge on any atom is 0.338 e. The van der Waals surface area contributed by atoms with E-state index in [1.54, 1.807) is 42.9 Å². The number of benzene rings is 1. The zero-order chi connectivity index (χ0) is 24.4. The van der Waals surface area contributed by atoms with E-state index in [9.17, 15) is 9.59 Å². The topological polar surface area (TPSA) is 79.1 Å². The van der Waals surface area contributed by atoms with Gasteiger partial charge in [0.15, 0.2) is 16.3 Å². The van der Waals surface area contributed by atoms with Crippen LogP contribution in [0.25, 0.3) is 6.08 Å². The molecule has 0 fully saturated rings. The maximum absolute atomic E-state index is 13.7. The lowest BCUT2D eigenvalue weighted by molar-refractivity contribution is -0.139. The molecule has 0 spiro atoms. The summed E-state index contributed by atoms with van der Waals surface area (Å²) < 4.78 is 18.7. The van der Waals surface area contributed by atoms with E-state index in [4.69, 9.17) is 14.2 Å². The van der Waals surface area contributed by atoms with Gasteiger partial charge in [0.05, 0.1) is 42.2 Å². The van der Waals surface area contributed by atoms with E-state index >= 15 is 0 Å². The Balaban J connectivity index is 1.98. The van der Waals surface area contributed by atoms with Crippen molar-refractivity contribution >= 4 is 34.7 Å². The van der Waals surface area contributed by atoms with Gasteiger partial charge in [-0.05, 0) is 68.5 Å². The quantitative estimate of drug-likeness (QED) is 0.466. The van der Waals surface area contributed by atoms with E-state index in [-0.39, 0.29) is 12.2 Å². The molecular formula is C25H26N2O5S2. The summed E-state index contributed by atoms with van der Waals surface area (Å²) in [5.41, 5.74) is 2.47. The van der Waals surface area contributed by atoms with Gasteiger partial charge in [-0.3, -0.25) is 9.36 Å². The fourth-order valence-corrected chi connectivity index (χ4v) is 5.85. The van der Waals surface area contributed by atoms with Crippen LogP contribution >= 0.6 is 22.7 Å². The number of hydrogen-bond donors (Lipinski definition) is 0. The second kappa shape index (κ2) is 9.99. The molecule has 0 amide bonds. The van der Waals surface area contributed by atoms with Crippen molar-refractivity contribution in [3.63, 3.8) is 0 Å². The number of aromatic nitrogens is 1. The van der Waals surface area contributed by atoms with Crippen molar-refractivity contribution < 1.29 is 19.0 Å². The van der Waals surface area contributed by atoms with Crippen LogP contribution in [0.15, 0.2) is 50.7 Å². The van der Waals surface area contributed by atoms with Gasteiger partial charge >= 0.3 is 5.97 Å². The highest BCUT2D eigenvalue weighted by atomic mass is 32.1. The van der Waals surface area contributed by atoms with Gasteiger partial charge in [0, 0.05) is 4.88 Å². The first-order valence-corrected chi connectivity index (χ1v) is 12.6. The first kappa shape index (κ1) is 24.0. The highest BCUT2D eigenvalue weighted by Crippen LogP contribution is 2.36. The Labute approximate surface area is 205 Å². The molecule has 1 aliphatic rings. The fourth-order valence-electron chi connectivity index (χ4n) is 3.89. The molecule has 1 aromatic carbocycles. The summed E-state index contributed by atoms with van der Waals surface area (Å²) in [6, 6.07) is 6.75. The first-order valence-electron chi connectivity index (χ1n) is 10.9. The average Bonchev–Trinajstić information content (AvgIpc) is 3.35. The Kier molecular flexibility index (Phi) is 7.04. The van der Waals surface area contributed by atoms with Gasteiger partial charge < -0.3 is 14.2 Å². The molecule has 9 heteroatoms. The van der Waals surface area contributed by atoms with Crippen LogP contribution in [-0.4, -0.2) is 30.9 Å². The number of ether oxygens (including phenoxy) is 3. The molecule has 0 radical (unpaired) electrons. The number of methoxy groups -OCH3 is 1. The number of carbonyl (C=O) groups is 1. The summed E-state index contributed by atoms with van der Waals surface area (Å²) in [7, 11) is 1.57. The molecule has 0 saturated carbocycles. The minimum absolute atomic E-state index is 0.204. The van der Waals surface area contributed by atoms with E-state index in [1.807, 2.05) is 43.5 Å². The third kappa shape index (κ3) is 4.33. The van der Waals surface area contributed by atoms with Crippen molar-refractivity contribution in [1.82, 2.24) is 4.57 Å². The molecular weight excluding hydrogens is 472 g/mol. The summed E-state index contributed by atoms with van der Waals surface area (Å²) in [5, 5.41) is 2.00. The van der Waals surface area contributed by atoms with Crippen LogP contribution in [0, 0.1) is 6.92 Å². The fraction of sp³-hybridized carbons (Fsp3) is 0.320. The number of nitrogens with zero attached hydrogens (tertiary/aromatic N) is 2. The third-order valence-corrected chi connectivity index (χ3v) is 7.43. The van der Waals surface area contributed by atoms with Crippen LogP contribution in [0.5, 0.6) is 11.5 Å². The number of rotatable bonds is 7. The predicted octanol–water partition coefficient (Wildman–Crippen LogP) is 3.58. The van der Waals surface area contributed by atoms with Crippen molar-refractivity contribution in [3.05, 3.63) is 76.6 Å². The zero-order valence-electron chi connectivity index (χ0n) is 19.7. The first-order chi connectivity index (χ1) is 16.4. The lowest BCUT2D eigenvalue weighted by Crippen LogP contribution is -2.40. The number of aryl methyl sites for hydroxylation is 1. The van der Waals surface area contributed by atoms with Crippen molar-refractivity contribution in [1.29, 1.82) is 0 Å². The van der Waals surface area contributed by atoms with E-state index in [1.165, 1.54) is 11.3 Å². The maximum atomic E-state index is 13.7. The largest absolute Gasteiger partial charge is 0.493 e. The molecule has 34 heavy (non-hydrogen) atoms. The summed E-state index contributed by atoms with van der Waals surface area (Å²) in [6.07, 6.45) is 1.89. The Morgan fingerprint density at radius 3 is 2.62 bits per heavy atom. The van der Waals surface area contributed by atoms with Crippen LogP contribution in [0.1, 0.15) is 42.8 Å². The molecule has 3 heterocycles. The summed E-state index contributed by atoms with van der Waals surface area (Å²) >= 11 is 2.89. The monoisotopic (exact) mass is 498 g/mol. The number of carbonyl (C=O) groups excluding carboxylic acids is 1. The standard InChI is InChI=1S/C25H26N2O5S2/c1-6-31-18-12-16(8-9-17(18)30-5)22-21(24(29)32-7-2)15(4)26-25-27(22)23(28)20(34-25)13-19-14(3)10-11-33-19/h8-13,22H,6-7H2,1-5H3/b20-13-/t22-/m0/s1. The molecule has 0 aliphatic carbocycles. The van der Waals surface area contributed by atoms with E-state index in [0.29, 0.717) is 44.3 Å². The highest BCUT2D eigenvalue weighted by Gasteiger charge is 2.34. The number of thiophene rings is 1. The molecule has 0 unspecified atom stereocenters. The summed E-state index contributed by atoms with van der Waals surface area (Å²) in [4.78, 5) is 32.9. The van der Waals surface area contributed by atoms with Crippen molar-refractivity contribution in [2.45, 2.75) is 33.7 Å². The number of fused-ring (bicyclic) bond motifs is 1. The Bertz CT molecular complexity index is 1440. The van der Waals surface area contributed by atoms with Crippen LogP contribution in [-0.2, 0) is 9.53 Å². The SMILES string of the molecule is CCOC(=O)C1=C(C)N=c2s/c(=C\c3sccc3C)c(=O)n2[C@H]1c1ccc(OC)c(OCC)c1. The summed E-state index contributed by atoms with van der Waals surface area (Å²) in [6.45, 7) is 8.09. The van der Waals surface area contributed by atoms with Gasteiger partial charge in [-0.2, -0.15) is 0 Å². The van der Waals surface area contributed by atoms with Gasteiger partial charge in [0.2, 0.25) is 0 Å².